The molecule has 0 saturated heterocycles. The lowest BCUT2D eigenvalue weighted by Crippen LogP contribution is -2.24. The molecule has 0 unspecified atom stereocenters. The fourth-order valence-corrected chi connectivity index (χ4v) is 3.39. The maximum Gasteiger partial charge on any atom is 0.230 e. The number of thioether (sulfide) groups is 1. The van der Waals surface area contributed by atoms with E-state index in [2.05, 4.69) is 29.4 Å². The predicted molar refractivity (Wildman–Crippen MR) is 102 cm³/mol. The van der Waals surface area contributed by atoms with E-state index in [0.29, 0.717) is 17.3 Å². The number of carbonyl (C=O) groups excluding carboxylic acids is 1. The van der Waals surface area contributed by atoms with Crippen LogP contribution in [0.5, 0.6) is 0 Å². The van der Waals surface area contributed by atoms with Gasteiger partial charge in [0.2, 0.25) is 5.91 Å². The van der Waals surface area contributed by atoms with Crippen LogP contribution in [0.4, 0.5) is 0 Å². The molecule has 0 atom stereocenters. The van der Waals surface area contributed by atoms with E-state index in [4.69, 9.17) is 11.6 Å². The zero-order valence-corrected chi connectivity index (χ0v) is 15.3. The molecule has 1 amide bonds. The first-order chi connectivity index (χ1) is 12.1. The van der Waals surface area contributed by atoms with Crippen molar-refractivity contribution in [3.05, 3.63) is 77.1 Å². The monoisotopic (exact) mass is 371 g/mol. The van der Waals surface area contributed by atoms with Gasteiger partial charge in [-0.3, -0.25) is 9.36 Å². The van der Waals surface area contributed by atoms with Crippen molar-refractivity contribution in [2.45, 2.75) is 18.6 Å². The van der Waals surface area contributed by atoms with E-state index < -0.39 is 0 Å². The number of nitrogens with one attached hydrogen (secondary N) is 1. The molecule has 0 radical (unpaired) electrons. The normalized spacial score (nSPS) is 10.6. The lowest BCUT2D eigenvalue weighted by molar-refractivity contribution is -0.118. The molecule has 3 rings (SSSR count). The number of amides is 1. The van der Waals surface area contributed by atoms with Crippen LogP contribution in [0.3, 0.4) is 0 Å². The third kappa shape index (κ3) is 4.65. The summed E-state index contributed by atoms with van der Waals surface area (Å²) in [5, 5.41) is 4.34. The number of hydrogen-bond donors (Lipinski definition) is 1. The van der Waals surface area contributed by atoms with Gasteiger partial charge in [-0.15, -0.1) is 0 Å². The zero-order chi connectivity index (χ0) is 17.6. The zero-order valence-electron chi connectivity index (χ0n) is 13.8. The standard InChI is InChI=1S/C19H18ClN3OS/c1-14-5-4-7-16(11-14)23-10-9-21-19(23)25-13-18(24)22-12-15-6-2-3-8-17(15)20/h2-11H,12-13H2,1H3,(H,22,24). The second-order valence-corrected chi connectivity index (χ2v) is 6.93. The molecule has 25 heavy (non-hydrogen) atoms. The summed E-state index contributed by atoms with van der Waals surface area (Å²) in [6.45, 7) is 2.47. The van der Waals surface area contributed by atoms with Gasteiger partial charge in [0.1, 0.15) is 0 Å². The number of imidazole rings is 1. The second kappa shape index (κ2) is 8.23. The van der Waals surface area contributed by atoms with E-state index in [0.717, 1.165) is 16.4 Å². The first-order valence-electron chi connectivity index (χ1n) is 7.87. The fourth-order valence-electron chi connectivity index (χ4n) is 2.39. The molecule has 1 N–H and O–H groups in total. The van der Waals surface area contributed by atoms with Crippen LogP contribution in [-0.2, 0) is 11.3 Å². The minimum atomic E-state index is -0.0521. The fraction of sp³-hybridized carbons (Fsp3) is 0.158. The summed E-state index contributed by atoms with van der Waals surface area (Å²) in [5.41, 5.74) is 3.12. The van der Waals surface area contributed by atoms with Gasteiger partial charge in [-0.05, 0) is 36.2 Å². The molecule has 6 heteroatoms. The van der Waals surface area contributed by atoms with Gasteiger partial charge >= 0.3 is 0 Å². The Hall–Kier alpha value is -2.24. The highest BCUT2D eigenvalue weighted by Gasteiger charge is 2.09. The summed E-state index contributed by atoms with van der Waals surface area (Å²) in [7, 11) is 0. The Labute approximate surface area is 156 Å². The lowest BCUT2D eigenvalue weighted by Gasteiger charge is -2.09. The number of carbonyl (C=O) groups is 1. The third-order valence-corrected chi connectivity index (χ3v) is 4.99. The van der Waals surface area contributed by atoms with E-state index in [1.165, 1.54) is 17.3 Å². The second-order valence-electron chi connectivity index (χ2n) is 5.58. The molecule has 2 aromatic carbocycles. The molecule has 4 nitrogen and oxygen atoms in total. The predicted octanol–water partition coefficient (Wildman–Crippen LogP) is 4.24. The molecule has 1 aromatic heterocycles. The molecule has 128 valence electrons. The van der Waals surface area contributed by atoms with Crippen LogP contribution >= 0.6 is 23.4 Å². The van der Waals surface area contributed by atoms with Crippen LogP contribution in [0.2, 0.25) is 5.02 Å². The Kier molecular flexibility index (Phi) is 5.79. The topological polar surface area (TPSA) is 46.9 Å². The summed E-state index contributed by atoms with van der Waals surface area (Å²) < 4.78 is 1.99. The van der Waals surface area contributed by atoms with Crippen molar-refractivity contribution >= 4 is 29.3 Å². The van der Waals surface area contributed by atoms with E-state index in [-0.39, 0.29) is 5.91 Å². The van der Waals surface area contributed by atoms with E-state index in [1.54, 1.807) is 6.20 Å². The van der Waals surface area contributed by atoms with Gasteiger partial charge in [0.25, 0.3) is 0 Å². The van der Waals surface area contributed by atoms with Crippen molar-refractivity contribution in [2.75, 3.05) is 5.75 Å². The molecule has 0 spiro atoms. The van der Waals surface area contributed by atoms with Gasteiger partial charge in [-0.2, -0.15) is 0 Å². The number of nitrogens with zero attached hydrogens (tertiary/aromatic N) is 2. The number of aryl methyl sites for hydroxylation is 1. The largest absolute Gasteiger partial charge is 0.351 e. The molecule has 0 bridgehead atoms. The Morgan fingerprint density at radius 1 is 1.24 bits per heavy atom. The van der Waals surface area contributed by atoms with Crippen LogP contribution in [-0.4, -0.2) is 21.2 Å². The highest BCUT2D eigenvalue weighted by molar-refractivity contribution is 7.99. The quantitative estimate of drug-likeness (QED) is 0.659. The molecule has 1 heterocycles. The van der Waals surface area contributed by atoms with Crippen LogP contribution in [0.1, 0.15) is 11.1 Å². The number of rotatable bonds is 6. The van der Waals surface area contributed by atoms with Crippen LogP contribution in [0, 0.1) is 6.92 Å². The lowest BCUT2D eigenvalue weighted by atomic mass is 10.2. The number of aromatic nitrogens is 2. The Bertz CT molecular complexity index is 878. The van der Waals surface area contributed by atoms with Gasteiger partial charge in [0.15, 0.2) is 5.16 Å². The van der Waals surface area contributed by atoms with E-state index >= 15 is 0 Å². The van der Waals surface area contributed by atoms with Crippen molar-refractivity contribution in [1.29, 1.82) is 0 Å². The minimum absolute atomic E-state index is 0.0521. The highest BCUT2D eigenvalue weighted by atomic mass is 35.5. The van der Waals surface area contributed by atoms with Gasteiger partial charge in [-0.1, -0.05) is 53.7 Å². The van der Waals surface area contributed by atoms with Crippen LogP contribution in [0.25, 0.3) is 5.69 Å². The smallest absolute Gasteiger partial charge is 0.230 e. The van der Waals surface area contributed by atoms with Crippen LogP contribution < -0.4 is 5.32 Å². The maximum atomic E-state index is 12.1. The first-order valence-corrected chi connectivity index (χ1v) is 9.23. The SMILES string of the molecule is Cc1cccc(-n2ccnc2SCC(=O)NCc2ccccc2Cl)c1. The number of benzene rings is 2. The van der Waals surface area contributed by atoms with Gasteiger partial charge in [0, 0.05) is 29.6 Å². The molecule has 3 aromatic rings. The third-order valence-electron chi connectivity index (χ3n) is 3.65. The number of hydrogen-bond acceptors (Lipinski definition) is 3. The van der Waals surface area contributed by atoms with Crippen molar-refractivity contribution in [3.63, 3.8) is 0 Å². The van der Waals surface area contributed by atoms with Gasteiger partial charge < -0.3 is 5.32 Å². The van der Waals surface area contributed by atoms with Crippen molar-refractivity contribution in [2.24, 2.45) is 0 Å². The maximum absolute atomic E-state index is 12.1. The summed E-state index contributed by atoms with van der Waals surface area (Å²) in [6, 6.07) is 15.7. The van der Waals surface area contributed by atoms with Crippen molar-refractivity contribution in [1.82, 2.24) is 14.9 Å². The van der Waals surface area contributed by atoms with Crippen molar-refractivity contribution < 1.29 is 4.79 Å². The summed E-state index contributed by atoms with van der Waals surface area (Å²) in [6.07, 6.45) is 3.64. The minimum Gasteiger partial charge on any atom is -0.351 e. The molecule has 0 aliphatic heterocycles. The Balaban J connectivity index is 1.58. The van der Waals surface area contributed by atoms with Gasteiger partial charge in [-0.25, -0.2) is 4.98 Å². The summed E-state index contributed by atoms with van der Waals surface area (Å²) >= 11 is 7.51. The Morgan fingerprint density at radius 2 is 2.08 bits per heavy atom. The van der Waals surface area contributed by atoms with Gasteiger partial charge in [0.05, 0.1) is 5.75 Å². The van der Waals surface area contributed by atoms with Crippen LogP contribution in [0.15, 0.2) is 66.1 Å². The first kappa shape index (κ1) is 17.6. The molecule has 0 aliphatic rings. The summed E-state index contributed by atoms with van der Waals surface area (Å²) in [4.78, 5) is 16.5. The Morgan fingerprint density at radius 3 is 2.88 bits per heavy atom. The van der Waals surface area contributed by atoms with Crippen molar-refractivity contribution in [3.8, 4) is 5.69 Å². The average molecular weight is 372 g/mol. The van der Waals surface area contributed by atoms with E-state index in [1.807, 2.05) is 47.2 Å². The van der Waals surface area contributed by atoms with E-state index in [9.17, 15) is 4.79 Å². The highest BCUT2D eigenvalue weighted by Crippen LogP contribution is 2.21. The molecular weight excluding hydrogens is 354 g/mol. The number of halogens is 1. The summed E-state index contributed by atoms with van der Waals surface area (Å²) in [5.74, 6) is 0.247. The molecule has 0 fully saturated rings. The average Bonchev–Trinajstić information content (AvgIpc) is 3.08. The molecular formula is C19H18ClN3OS. The molecule has 0 saturated carbocycles. The molecule has 0 aliphatic carbocycles.